The largest absolute Gasteiger partial charge is 0.507 e. The Labute approximate surface area is 85.1 Å². The number of benzene rings is 1. The molecule has 0 fully saturated rings. The van der Waals surface area contributed by atoms with E-state index in [9.17, 15) is 10.2 Å². The monoisotopic (exact) mass is 246 g/mol. The molecule has 3 nitrogen and oxygen atoms in total. The molecule has 2 N–H and O–H groups in total. The smallest absolute Gasteiger partial charge is 0.184 e. The maximum Gasteiger partial charge on any atom is 0.184 e. The highest BCUT2D eigenvalue weighted by Crippen LogP contribution is 2.27. The van der Waals surface area contributed by atoms with Crippen molar-refractivity contribution < 1.29 is 14.9 Å². The van der Waals surface area contributed by atoms with E-state index < -0.39 is 6.29 Å². The Bertz CT molecular complexity index is 288. The molecule has 4 heteroatoms. The molecule has 13 heavy (non-hydrogen) atoms. The van der Waals surface area contributed by atoms with Crippen molar-refractivity contribution in [2.24, 2.45) is 0 Å². The SMILES string of the molecule is CCOC(O)c1cc(Br)ccc1O. The van der Waals surface area contributed by atoms with Crippen molar-refractivity contribution in [2.45, 2.75) is 13.2 Å². The Morgan fingerprint density at radius 1 is 1.54 bits per heavy atom. The van der Waals surface area contributed by atoms with Gasteiger partial charge in [0.25, 0.3) is 0 Å². The van der Waals surface area contributed by atoms with E-state index in [4.69, 9.17) is 4.74 Å². The van der Waals surface area contributed by atoms with Crippen LogP contribution < -0.4 is 0 Å². The highest BCUT2D eigenvalue weighted by molar-refractivity contribution is 9.10. The van der Waals surface area contributed by atoms with Crippen molar-refractivity contribution in [3.63, 3.8) is 0 Å². The van der Waals surface area contributed by atoms with Gasteiger partial charge in [0.15, 0.2) is 6.29 Å². The normalized spacial score (nSPS) is 12.8. The molecule has 0 aliphatic heterocycles. The summed E-state index contributed by atoms with van der Waals surface area (Å²) in [6.45, 7) is 2.17. The number of phenols is 1. The fourth-order valence-electron chi connectivity index (χ4n) is 0.971. The molecule has 1 aromatic rings. The Hall–Kier alpha value is -0.580. The van der Waals surface area contributed by atoms with Crippen LogP contribution in [0.1, 0.15) is 18.8 Å². The number of rotatable bonds is 3. The van der Waals surface area contributed by atoms with Crippen LogP contribution in [0.5, 0.6) is 5.75 Å². The van der Waals surface area contributed by atoms with Crippen LogP contribution in [0, 0.1) is 0 Å². The Morgan fingerprint density at radius 3 is 2.85 bits per heavy atom. The second-order valence-corrected chi connectivity index (χ2v) is 3.43. The first-order chi connectivity index (χ1) is 6.15. The quantitative estimate of drug-likeness (QED) is 0.805. The summed E-state index contributed by atoms with van der Waals surface area (Å²) in [5, 5.41) is 18.8. The van der Waals surface area contributed by atoms with Crippen LogP contribution in [0.15, 0.2) is 22.7 Å². The fourth-order valence-corrected chi connectivity index (χ4v) is 1.35. The maximum absolute atomic E-state index is 9.42. The third kappa shape index (κ3) is 2.69. The first kappa shape index (κ1) is 10.5. The molecule has 0 aromatic heterocycles. The second kappa shape index (κ2) is 4.60. The summed E-state index contributed by atoms with van der Waals surface area (Å²) in [6, 6.07) is 4.81. The molecule has 1 unspecified atom stereocenters. The van der Waals surface area contributed by atoms with E-state index in [0.29, 0.717) is 12.2 Å². The number of aromatic hydroxyl groups is 1. The third-order valence-corrected chi connectivity index (χ3v) is 2.07. The van der Waals surface area contributed by atoms with Crippen molar-refractivity contribution in [3.8, 4) is 5.75 Å². The Balaban J connectivity index is 2.91. The van der Waals surface area contributed by atoms with Gasteiger partial charge in [0.1, 0.15) is 5.75 Å². The number of ether oxygens (including phenoxy) is 1. The van der Waals surface area contributed by atoms with Crippen LogP contribution in [-0.4, -0.2) is 16.8 Å². The summed E-state index contributed by atoms with van der Waals surface area (Å²) in [5.41, 5.74) is 0.372. The number of phenolic OH excluding ortho intramolecular Hbond substituents is 1. The molecule has 0 radical (unpaired) electrons. The summed E-state index contributed by atoms with van der Waals surface area (Å²) >= 11 is 3.24. The zero-order valence-corrected chi connectivity index (χ0v) is 8.78. The second-order valence-electron chi connectivity index (χ2n) is 2.51. The minimum Gasteiger partial charge on any atom is -0.507 e. The average molecular weight is 247 g/mol. The lowest BCUT2D eigenvalue weighted by Gasteiger charge is -2.12. The summed E-state index contributed by atoms with van der Waals surface area (Å²) in [6.07, 6.45) is -1.07. The first-order valence-corrected chi connectivity index (χ1v) is 4.72. The number of hydrogen-bond donors (Lipinski definition) is 2. The van der Waals surface area contributed by atoms with Crippen LogP contribution in [0.4, 0.5) is 0 Å². The standard InChI is InChI=1S/C9H11BrO3/c1-2-13-9(12)7-5-6(10)3-4-8(7)11/h3-5,9,11-12H,2H2,1H3. The molecule has 0 saturated heterocycles. The molecule has 0 spiro atoms. The topological polar surface area (TPSA) is 49.7 Å². The van der Waals surface area contributed by atoms with Gasteiger partial charge < -0.3 is 14.9 Å². The van der Waals surface area contributed by atoms with Crippen molar-refractivity contribution in [3.05, 3.63) is 28.2 Å². The molecule has 0 bridgehead atoms. The van der Waals surface area contributed by atoms with E-state index in [1.807, 2.05) is 0 Å². The van der Waals surface area contributed by atoms with Crippen LogP contribution >= 0.6 is 15.9 Å². The van der Waals surface area contributed by atoms with Gasteiger partial charge in [-0.2, -0.15) is 0 Å². The molecule has 0 amide bonds. The van der Waals surface area contributed by atoms with Gasteiger partial charge in [-0.05, 0) is 25.1 Å². The number of aliphatic hydroxyl groups is 1. The van der Waals surface area contributed by atoms with Crippen LogP contribution in [0.3, 0.4) is 0 Å². The van der Waals surface area contributed by atoms with E-state index in [1.165, 1.54) is 6.07 Å². The average Bonchev–Trinajstić information content (AvgIpc) is 2.09. The lowest BCUT2D eigenvalue weighted by Crippen LogP contribution is -2.02. The number of aliphatic hydroxyl groups excluding tert-OH is 1. The fraction of sp³-hybridized carbons (Fsp3) is 0.333. The van der Waals surface area contributed by atoms with Gasteiger partial charge in [-0.25, -0.2) is 0 Å². The summed E-state index contributed by atoms with van der Waals surface area (Å²) < 4.78 is 5.73. The van der Waals surface area contributed by atoms with Gasteiger partial charge in [-0.3, -0.25) is 0 Å². The lowest BCUT2D eigenvalue weighted by molar-refractivity contribution is -0.0989. The molecule has 1 rings (SSSR count). The predicted octanol–water partition coefficient (Wildman–Crippen LogP) is 2.18. The van der Waals surface area contributed by atoms with E-state index in [2.05, 4.69) is 15.9 Å². The van der Waals surface area contributed by atoms with Gasteiger partial charge in [-0.1, -0.05) is 15.9 Å². The Morgan fingerprint density at radius 2 is 2.23 bits per heavy atom. The zero-order chi connectivity index (χ0) is 9.84. The highest BCUT2D eigenvalue weighted by Gasteiger charge is 2.11. The lowest BCUT2D eigenvalue weighted by atomic mass is 10.2. The molecule has 1 aromatic carbocycles. The molecule has 72 valence electrons. The molecule has 0 saturated carbocycles. The van der Waals surface area contributed by atoms with Crippen LogP contribution in [0.2, 0.25) is 0 Å². The van der Waals surface area contributed by atoms with Gasteiger partial charge >= 0.3 is 0 Å². The van der Waals surface area contributed by atoms with Crippen molar-refractivity contribution in [2.75, 3.05) is 6.61 Å². The summed E-state index contributed by atoms with van der Waals surface area (Å²) in [7, 11) is 0. The molecule has 0 aliphatic carbocycles. The molecule has 1 atom stereocenters. The Kier molecular flexibility index (Phi) is 3.71. The third-order valence-electron chi connectivity index (χ3n) is 1.58. The minimum atomic E-state index is -1.07. The molecule has 0 heterocycles. The number of hydrogen-bond acceptors (Lipinski definition) is 3. The minimum absolute atomic E-state index is 0.0316. The highest BCUT2D eigenvalue weighted by atomic mass is 79.9. The molecular weight excluding hydrogens is 236 g/mol. The zero-order valence-electron chi connectivity index (χ0n) is 7.20. The van der Waals surface area contributed by atoms with Crippen molar-refractivity contribution >= 4 is 15.9 Å². The van der Waals surface area contributed by atoms with E-state index in [0.717, 1.165) is 4.47 Å². The molecule has 0 aliphatic rings. The van der Waals surface area contributed by atoms with Crippen molar-refractivity contribution in [1.82, 2.24) is 0 Å². The van der Waals surface area contributed by atoms with Gasteiger partial charge in [0.05, 0.1) is 5.56 Å². The van der Waals surface area contributed by atoms with Gasteiger partial charge in [0.2, 0.25) is 0 Å². The van der Waals surface area contributed by atoms with Crippen LogP contribution in [0.25, 0.3) is 0 Å². The molecular formula is C9H11BrO3. The maximum atomic E-state index is 9.42. The number of halogens is 1. The van der Waals surface area contributed by atoms with Gasteiger partial charge in [0, 0.05) is 11.1 Å². The van der Waals surface area contributed by atoms with Crippen molar-refractivity contribution in [1.29, 1.82) is 0 Å². The van der Waals surface area contributed by atoms with E-state index >= 15 is 0 Å². The van der Waals surface area contributed by atoms with Crippen LogP contribution in [-0.2, 0) is 4.74 Å². The van der Waals surface area contributed by atoms with Gasteiger partial charge in [-0.15, -0.1) is 0 Å². The first-order valence-electron chi connectivity index (χ1n) is 3.93. The predicted molar refractivity (Wildman–Crippen MR) is 52.4 cm³/mol. The van der Waals surface area contributed by atoms with E-state index in [1.54, 1.807) is 19.1 Å². The van der Waals surface area contributed by atoms with E-state index in [-0.39, 0.29) is 5.75 Å². The summed E-state index contributed by atoms with van der Waals surface area (Å²) in [4.78, 5) is 0. The summed E-state index contributed by atoms with van der Waals surface area (Å²) in [5.74, 6) is 0.0316.